The van der Waals surface area contributed by atoms with Crippen LogP contribution < -0.4 is 4.74 Å². The van der Waals surface area contributed by atoms with Gasteiger partial charge in [0.2, 0.25) is 5.67 Å². The molecule has 0 atom stereocenters. The normalized spacial score (nSPS) is 23.7. The van der Waals surface area contributed by atoms with Crippen molar-refractivity contribution >= 4 is 16.9 Å². The van der Waals surface area contributed by atoms with Crippen molar-refractivity contribution in [2.75, 3.05) is 6.61 Å². The second kappa shape index (κ2) is 9.44. The number of aryl methyl sites for hydroxylation is 1. The SMILES string of the molecule is Cc1cc(-n2c3c(c4c(OCc5ccccc5)cccc42)C2(CCC(F)(C(=O)O)CC2)OCC3(C)C)ccc1F. The Labute approximate surface area is 232 Å². The number of rotatable bonds is 5. The molecule has 1 N–H and O–H groups in total. The molecule has 1 spiro atoms. The summed E-state index contributed by atoms with van der Waals surface area (Å²) in [7, 11) is 0. The monoisotopic (exact) mass is 545 g/mol. The van der Waals surface area contributed by atoms with Crippen LogP contribution in [0.25, 0.3) is 16.6 Å². The zero-order valence-electron chi connectivity index (χ0n) is 23.0. The third-order valence-corrected chi connectivity index (χ3v) is 8.63. The summed E-state index contributed by atoms with van der Waals surface area (Å²) >= 11 is 0. The number of carbonyl (C=O) groups is 1. The molecule has 4 aromatic rings. The van der Waals surface area contributed by atoms with E-state index < -0.39 is 22.7 Å². The lowest BCUT2D eigenvalue weighted by Gasteiger charge is -2.48. The molecule has 1 saturated carbocycles. The van der Waals surface area contributed by atoms with Crippen LogP contribution in [0.4, 0.5) is 8.78 Å². The molecule has 6 rings (SSSR count). The Balaban J connectivity index is 1.61. The van der Waals surface area contributed by atoms with Crippen LogP contribution in [0.3, 0.4) is 0 Å². The van der Waals surface area contributed by atoms with E-state index in [1.165, 1.54) is 6.07 Å². The first-order valence-corrected chi connectivity index (χ1v) is 13.7. The van der Waals surface area contributed by atoms with E-state index in [0.717, 1.165) is 33.4 Å². The number of benzene rings is 3. The molecule has 1 aliphatic carbocycles. The maximum Gasteiger partial charge on any atom is 0.341 e. The van der Waals surface area contributed by atoms with E-state index in [9.17, 15) is 14.3 Å². The summed E-state index contributed by atoms with van der Waals surface area (Å²) in [5.74, 6) is -1.03. The Morgan fingerprint density at radius 2 is 1.75 bits per heavy atom. The Hall–Kier alpha value is -3.71. The van der Waals surface area contributed by atoms with Crippen molar-refractivity contribution in [3.63, 3.8) is 0 Å². The highest BCUT2D eigenvalue weighted by molar-refractivity contribution is 5.94. The van der Waals surface area contributed by atoms with Gasteiger partial charge in [0.25, 0.3) is 0 Å². The average molecular weight is 546 g/mol. The van der Waals surface area contributed by atoms with Crippen LogP contribution in [0, 0.1) is 12.7 Å². The number of nitrogens with zero attached hydrogens (tertiary/aromatic N) is 1. The molecule has 0 radical (unpaired) electrons. The quantitative estimate of drug-likeness (QED) is 0.282. The third kappa shape index (κ3) is 4.19. The summed E-state index contributed by atoms with van der Waals surface area (Å²) in [6.45, 7) is 6.69. The van der Waals surface area contributed by atoms with Crippen LogP contribution in [0.15, 0.2) is 66.7 Å². The van der Waals surface area contributed by atoms with E-state index in [0.29, 0.717) is 24.5 Å². The van der Waals surface area contributed by atoms with Crippen LogP contribution in [-0.2, 0) is 27.2 Å². The molecule has 2 heterocycles. The molecule has 0 saturated heterocycles. The van der Waals surface area contributed by atoms with Crippen LogP contribution in [0.1, 0.15) is 61.9 Å². The summed E-state index contributed by atoms with van der Waals surface area (Å²) in [5.41, 5.74) is 1.57. The number of alkyl halides is 1. The van der Waals surface area contributed by atoms with Gasteiger partial charge in [0.15, 0.2) is 0 Å². The summed E-state index contributed by atoms with van der Waals surface area (Å²) in [6, 6.07) is 20.9. The molecule has 5 nitrogen and oxygen atoms in total. The maximum atomic E-state index is 15.3. The molecule has 0 bridgehead atoms. The number of hydrogen-bond acceptors (Lipinski definition) is 3. The van der Waals surface area contributed by atoms with Crippen LogP contribution >= 0.6 is 0 Å². The summed E-state index contributed by atoms with van der Waals surface area (Å²) < 4.78 is 44.9. The summed E-state index contributed by atoms with van der Waals surface area (Å²) in [5, 5.41) is 10.5. The van der Waals surface area contributed by atoms with Gasteiger partial charge in [0.1, 0.15) is 18.2 Å². The van der Waals surface area contributed by atoms with Crippen LogP contribution in [0.5, 0.6) is 5.75 Å². The number of hydrogen-bond donors (Lipinski definition) is 1. The van der Waals surface area contributed by atoms with Gasteiger partial charge < -0.3 is 19.1 Å². The smallest absolute Gasteiger partial charge is 0.341 e. The Morgan fingerprint density at radius 3 is 2.42 bits per heavy atom. The van der Waals surface area contributed by atoms with Crippen molar-refractivity contribution in [2.24, 2.45) is 0 Å². The zero-order chi connectivity index (χ0) is 28.3. The van der Waals surface area contributed by atoms with E-state index in [2.05, 4.69) is 18.4 Å². The minimum Gasteiger partial charge on any atom is -0.488 e. The van der Waals surface area contributed by atoms with Gasteiger partial charge in [-0.3, -0.25) is 0 Å². The second-order valence-electron chi connectivity index (χ2n) is 11.9. The first-order chi connectivity index (χ1) is 19.0. The number of halogens is 2. The predicted octanol–water partition coefficient (Wildman–Crippen LogP) is 7.53. The van der Waals surface area contributed by atoms with E-state index >= 15 is 4.39 Å². The number of fused-ring (bicyclic) bond motifs is 4. The van der Waals surface area contributed by atoms with Crippen molar-refractivity contribution in [1.29, 1.82) is 0 Å². The van der Waals surface area contributed by atoms with Gasteiger partial charge in [-0.1, -0.05) is 50.2 Å². The van der Waals surface area contributed by atoms with Crippen molar-refractivity contribution in [3.8, 4) is 11.4 Å². The zero-order valence-corrected chi connectivity index (χ0v) is 23.0. The number of aromatic nitrogens is 1. The first-order valence-electron chi connectivity index (χ1n) is 13.7. The molecule has 2 aliphatic rings. The minimum absolute atomic E-state index is 0.141. The molecule has 1 aromatic heterocycles. The van der Waals surface area contributed by atoms with Gasteiger partial charge in [-0.15, -0.1) is 0 Å². The Kier molecular flexibility index (Phi) is 6.26. The summed E-state index contributed by atoms with van der Waals surface area (Å²) in [6.07, 6.45) is 0.177. The summed E-state index contributed by atoms with van der Waals surface area (Å²) in [4.78, 5) is 11.8. The Morgan fingerprint density at radius 1 is 1.02 bits per heavy atom. The lowest BCUT2D eigenvalue weighted by molar-refractivity contribution is -0.165. The average Bonchev–Trinajstić information content (AvgIpc) is 3.32. The molecule has 1 aliphatic heterocycles. The fourth-order valence-electron chi connectivity index (χ4n) is 6.40. The van der Waals surface area contributed by atoms with E-state index in [1.807, 2.05) is 54.6 Å². The predicted molar refractivity (Wildman–Crippen MR) is 149 cm³/mol. The van der Waals surface area contributed by atoms with E-state index in [4.69, 9.17) is 9.47 Å². The van der Waals surface area contributed by atoms with Crippen LogP contribution in [-0.4, -0.2) is 27.9 Å². The minimum atomic E-state index is -2.28. The molecule has 0 unspecified atom stereocenters. The largest absolute Gasteiger partial charge is 0.488 e. The number of ether oxygens (including phenoxy) is 2. The van der Waals surface area contributed by atoms with E-state index in [-0.39, 0.29) is 31.5 Å². The molecule has 208 valence electrons. The van der Waals surface area contributed by atoms with Crippen molar-refractivity contribution in [2.45, 2.75) is 69.7 Å². The third-order valence-electron chi connectivity index (χ3n) is 8.63. The Bertz CT molecular complexity index is 1600. The highest BCUT2D eigenvalue weighted by Gasteiger charge is 2.55. The molecule has 0 amide bonds. The van der Waals surface area contributed by atoms with Gasteiger partial charge in [-0.05, 0) is 74.1 Å². The van der Waals surface area contributed by atoms with Gasteiger partial charge in [0, 0.05) is 27.7 Å². The molecule has 3 aromatic carbocycles. The van der Waals surface area contributed by atoms with E-state index in [1.54, 1.807) is 13.0 Å². The number of carboxylic acid groups (broad SMARTS) is 1. The fraction of sp³-hybridized carbons (Fsp3) is 0.364. The van der Waals surface area contributed by atoms with Gasteiger partial charge in [-0.2, -0.15) is 0 Å². The fourth-order valence-corrected chi connectivity index (χ4v) is 6.40. The lowest BCUT2D eigenvalue weighted by Crippen LogP contribution is -2.49. The van der Waals surface area contributed by atoms with Crippen molar-refractivity contribution in [3.05, 3.63) is 94.9 Å². The number of carboxylic acids is 1. The van der Waals surface area contributed by atoms with Gasteiger partial charge in [-0.25, -0.2) is 13.6 Å². The van der Waals surface area contributed by atoms with Crippen molar-refractivity contribution < 1.29 is 28.2 Å². The molecule has 40 heavy (non-hydrogen) atoms. The second-order valence-corrected chi connectivity index (χ2v) is 11.9. The van der Waals surface area contributed by atoms with Crippen LogP contribution in [0.2, 0.25) is 0 Å². The standard InChI is InChI=1S/C33H33F2NO4/c1-21-18-23(12-13-24(21)34)36-25-10-7-11-26(39-19-22-8-5-4-6-9-22)27(25)28-29(36)31(2,3)20-40-33(28)16-14-32(35,15-17-33)30(37)38/h4-13,18H,14-17,19-20H2,1-3H3,(H,37,38). The topological polar surface area (TPSA) is 60.7 Å². The highest BCUT2D eigenvalue weighted by Crippen LogP contribution is 2.56. The molecule has 1 fully saturated rings. The number of aliphatic carboxylic acids is 1. The van der Waals surface area contributed by atoms with Gasteiger partial charge in [0.05, 0.1) is 17.7 Å². The lowest BCUT2D eigenvalue weighted by atomic mass is 9.68. The molecule has 7 heteroatoms. The molecular weight excluding hydrogens is 512 g/mol. The van der Waals surface area contributed by atoms with Crippen molar-refractivity contribution in [1.82, 2.24) is 4.57 Å². The van der Waals surface area contributed by atoms with Gasteiger partial charge >= 0.3 is 5.97 Å². The highest BCUT2D eigenvalue weighted by atomic mass is 19.1. The first kappa shape index (κ1) is 26.5. The molecular formula is C33H33F2NO4. The maximum absolute atomic E-state index is 15.3.